The molecule has 0 radical (unpaired) electrons. The molecule has 0 saturated carbocycles. The first-order valence-electron chi connectivity index (χ1n) is 6.72. The Bertz CT molecular complexity index is 462. The molecule has 0 amide bonds. The van der Waals surface area contributed by atoms with Gasteiger partial charge in [-0.2, -0.15) is 5.26 Å². The molecule has 1 aliphatic rings. The third kappa shape index (κ3) is 3.25. The number of hydrogen-bond acceptors (Lipinski definition) is 4. The maximum Gasteiger partial charge on any atom is 0.184 e. The van der Waals surface area contributed by atoms with Crippen LogP contribution < -0.4 is 4.90 Å². The lowest BCUT2D eigenvalue weighted by Gasteiger charge is -2.23. The average molecular weight is 260 g/mol. The topological polar surface area (TPSA) is 45.5 Å². The monoisotopic (exact) mass is 260 g/mol. The molecular weight excluding hydrogens is 240 g/mol. The van der Waals surface area contributed by atoms with Crippen LogP contribution in [-0.2, 0) is 9.47 Å². The van der Waals surface area contributed by atoms with Gasteiger partial charge in [-0.1, -0.05) is 6.07 Å². The number of ether oxygens (including phenoxy) is 2. The van der Waals surface area contributed by atoms with Crippen LogP contribution in [0, 0.1) is 18.3 Å². The molecule has 4 heteroatoms. The molecule has 0 unspecified atom stereocenters. The van der Waals surface area contributed by atoms with Crippen molar-refractivity contribution in [3.63, 3.8) is 0 Å². The molecule has 1 aliphatic heterocycles. The molecular formula is C15H20N2O2. The van der Waals surface area contributed by atoms with Crippen molar-refractivity contribution in [3.8, 4) is 6.07 Å². The fraction of sp³-hybridized carbons (Fsp3) is 0.533. The van der Waals surface area contributed by atoms with Gasteiger partial charge in [-0.15, -0.1) is 0 Å². The number of hydrogen-bond donors (Lipinski definition) is 0. The Hall–Kier alpha value is -1.57. The standard InChI is InChI=1S/C15H20N2O2/c1-3-17(8-4-7-16)13-5-6-14(12(2)11-13)15-18-9-10-19-15/h5-6,11,15H,3-4,8-10H2,1-2H3. The van der Waals surface area contributed by atoms with Crippen LogP contribution >= 0.6 is 0 Å². The molecule has 1 fully saturated rings. The molecule has 0 spiro atoms. The van der Waals surface area contributed by atoms with E-state index >= 15 is 0 Å². The van der Waals surface area contributed by atoms with E-state index in [0.29, 0.717) is 19.6 Å². The molecule has 0 aliphatic carbocycles. The highest BCUT2D eigenvalue weighted by Crippen LogP contribution is 2.29. The number of nitriles is 1. The maximum atomic E-state index is 8.69. The molecule has 1 saturated heterocycles. The van der Waals surface area contributed by atoms with Crippen LogP contribution in [-0.4, -0.2) is 26.3 Å². The fourth-order valence-electron chi connectivity index (χ4n) is 2.31. The summed E-state index contributed by atoms with van der Waals surface area (Å²) in [7, 11) is 0. The van der Waals surface area contributed by atoms with Crippen LogP contribution in [0.15, 0.2) is 18.2 Å². The summed E-state index contributed by atoms with van der Waals surface area (Å²) >= 11 is 0. The number of anilines is 1. The van der Waals surface area contributed by atoms with E-state index in [0.717, 1.165) is 24.3 Å². The first kappa shape index (κ1) is 13.9. The Kier molecular flexibility index (Phi) is 4.78. The number of aryl methyl sites for hydroxylation is 1. The van der Waals surface area contributed by atoms with Crippen molar-refractivity contribution in [1.29, 1.82) is 5.26 Å². The largest absolute Gasteiger partial charge is 0.371 e. The Labute approximate surface area is 114 Å². The second-order valence-corrected chi connectivity index (χ2v) is 4.60. The summed E-state index contributed by atoms with van der Waals surface area (Å²) in [5.41, 5.74) is 3.41. The van der Waals surface area contributed by atoms with Gasteiger partial charge in [0.2, 0.25) is 0 Å². The van der Waals surface area contributed by atoms with E-state index < -0.39 is 0 Å². The van der Waals surface area contributed by atoms with Crippen LogP contribution in [0.5, 0.6) is 0 Å². The lowest BCUT2D eigenvalue weighted by atomic mass is 10.1. The second-order valence-electron chi connectivity index (χ2n) is 4.60. The normalized spacial score (nSPS) is 15.4. The molecule has 0 N–H and O–H groups in total. The van der Waals surface area contributed by atoms with Crippen LogP contribution in [0.25, 0.3) is 0 Å². The second kappa shape index (κ2) is 6.55. The van der Waals surface area contributed by atoms with E-state index in [1.54, 1.807) is 0 Å². The van der Waals surface area contributed by atoms with Crippen molar-refractivity contribution in [2.45, 2.75) is 26.6 Å². The van der Waals surface area contributed by atoms with Crippen molar-refractivity contribution in [2.24, 2.45) is 0 Å². The molecule has 1 aromatic carbocycles. The van der Waals surface area contributed by atoms with E-state index in [9.17, 15) is 0 Å². The number of rotatable bonds is 5. The van der Waals surface area contributed by atoms with Gasteiger partial charge in [0.15, 0.2) is 6.29 Å². The van der Waals surface area contributed by atoms with Crippen molar-refractivity contribution in [1.82, 2.24) is 0 Å². The van der Waals surface area contributed by atoms with E-state index in [-0.39, 0.29) is 6.29 Å². The molecule has 0 aromatic heterocycles. The summed E-state index contributed by atoms with van der Waals surface area (Å²) in [5, 5.41) is 8.69. The summed E-state index contributed by atoms with van der Waals surface area (Å²) in [6.45, 7) is 7.16. The van der Waals surface area contributed by atoms with Gasteiger partial charge in [0.1, 0.15) is 0 Å². The van der Waals surface area contributed by atoms with E-state index in [4.69, 9.17) is 14.7 Å². The van der Waals surface area contributed by atoms with Gasteiger partial charge in [0.05, 0.1) is 25.7 Å². The number of nitrogens with zero attached hydrogens (tertiary/aromatic N) is 2. The van der Waals surface area contributed by atoms with Gasteiger partial charge in [-0.25, -0.2) is 0 Å². The van der Waals surface area contributed by atoms with Crippen LogP contribution in [0.1, 0.15) is 30.8 Å². The smallest absolute Gasteiger partial charge is 0.184 e. The summed E-state index contributed by atoms with van der Waals surface area (Å²) < 4.78 is 11.1. The Morgan fingerprint density at radius 3 is 2.68 bits per heavy atom. The zero-order valence-corrected chi connectivity index (χ0v) is 11.6. The molecule has 4 nitrogen and oxygen atoms in total. The van der Waals surface area contributed by atoms with Gasteiger partial charge in [0, 0.05) is 24.3 Å². The highest BCUT2D eigenvalue weighted by atomic mass is 16.7. The quantitative estimate of drug-likeness (QED) is 0.816. The Balaban J connectivity index is 2.15. The predicted octanol–water partition coefficient (Wildman–Crippen LogP) is 2.78. The SMILES string of the molecule is CCN(CCC#N)c1ccc(C2OCCO2)c(C)c1. The molecule has 0 bridgehead atoms. The van der Waals surface area contributed by atoms with Crippen molar-refractivity contribution >= 4 is 5.69 Å². The minimum Gasteiger partial charge on any atom is -0.371 e. The van der Waals surface area contributed by atoms with Crippen molar-refractivity contribution in [2.75, 3.05) is 31.2 Å². The lowest BCUT2D eigenvalue weighted by molar-refractivity contribution is -0.0445. The van der Waals surface area contributed by atoms with E-state index in [1.807, 2.05) is 0 Å². The highest BCUT2D eigenvalue weighted by molar-refractivity contribution is 5.51. The zero-order valence-electron chi connectivity index (χ0n) is 11.6. The van der Waals surface area contributed by atoms with E-state index in [2.05, 4.69) is 43.0 Å². The van der Waals surface area contributed by atoms with Gasteiger partial charge >= 0.3 is 0 Å². The Morgan fingerprint density at radius 2 is 2.11 bits per heavy atom. The van der Waals surface area contributed by atoms with Crippen LogP contribution in [0.4, 0.5) is 5.69 Å². The lowest BCUT2D eigenvalue weighted by Crippen LogP contribution is -2.23. The number of benzene rings is 1. The van der Waals surface area contributed by atoms with Gasteiger partial charge in [-0.05, 0) is 31.5 Å². The molecule has 19 heavy (non-hydrogen) atoms. The van der Waals surface area contributed by atoms with Crippen molar-refractivity contribution < 1.29 is 9.47 Å². The predicted molar refractivity (Wildman–Crippen MR) is 73.9 cm³/mol. The molecule has 102 valence electrons. The van der Waals surface area contributed by atoms with Crippen LogP contribution in [0.3, 0.4) is 0 Å². The third-order valence-electron chi connectivity index (χ3n) is 3.37. The van der Waals surface area contributed by atoms with Gasteiger partial charge in [0.25, 0.3) is 0 Å². The highest BCUT2D eigenvalue weighted by Gasteiger charge is 2.20. The minimum atomic E-state index is -0.219. The third-order valence-corrected chi connectivity index (χ3v) is 3.37. The molecule has 0 atom stereocenters. The average Bonchev–Trinajstić information content (AvgIpc) is 2.93. The summed E-state index contributed by atoms with van der Waals surface area (Å²) in [4.78, 5) is 2.20. The molecule has 2 rings (SSSR count). The molecule has 1 heterocycles. The van der Waals surface area contributed by atoms with Gasteiger partial charge < -0.3 is 14.4 Å². The van der Waals surface area contributed by atoms with E-state index in [1.165, 1.54) is 5.56 Å². The van der Waals surface area contributed by atoms with Gasteiger partial charge in [-0.3, -0.25) is 0 Å². The Morgan fingerprint density at radius 1 is 1.37 bits per heavy atom. The first-order valence-corrected chi connectivity index (χ1v) is 6.72. The summed E-state index contributed by atoms with van der Waals surface area (Å²) in [6, 6.07) is 8.47. The summed E-state index contributed by atoms with van der Waals surface area (Å²) in [6.07, 6.45) is 0.326. The first-order chi connectivity index (χ1) is 9.26. The van der Waals surface area contributed by atoms with Crippen molar-refractivity contribution in [3.05, 3.63) is 29.3 Å². The zero-order chi connectivity index (χ0) is 13.7. The van der Waals surface area contributed by atoms with Crippen LogP contribution in [0.2, 0.25) is 0 Å². The molecule has 1 aromatic rings. The summed E-state index contributed by atoms with van der Waals surface area (Å²) in [5.74, 6) is 0. The minimum absolute atomic E-state index is 0.219. The maximum absolute atomic E-state index is 8.69. The fourth-order valence-corrected chi connectivity index (χ4v) is 2.31.